The Kier molecular flexibility index (Phi) is 9.66. The second kappa shape index (κ2) is 10.9. The minimum Gasteiger partial charge on any atom is -0.383 e. The molecule has 0 heterocycles. The average molecular weight is 396 g/mol. The number of nitrogens with one attached hydrogen (secondary N) is 3. The number of hydrogen-bond acceptors (Lipinski definition) is 4. The largest absolute Gasteiger partial charge is 0.383 e. The average Bonchev–Trinajstić information content (AvgIpc) is 2.49. The maximum Gasteiger partial charge on any atom is 0.248 e. The quantitative estimate of drug-likeness (QED) is 0.487. The van der Waals surface area contributed by atoms with E-state index in [0.29, 0.717) is 33.3 Å². The van der Waals surface area contributed by atoms with Gasteiger partial charge in [0.25, 0.3) is 0 Å². The summed E-state index contributed by atoms with van der Waals surface area (Å²) in [7, 11) is 1.61. The number of thiocarbonyl (C=S) groups is 1. The summed E-state index contributed by atoms with van der Waals surface area (Å²) < 4.78 is 4.98. The molecule has 128 valence electrons. The van der Waals surface area contributed by atoms with E-state index >= 15 is 0 Å². The van der Waals surface area contributed by atoms with Crippen molar-refractivity contribution in [1.82, 2.24) is 16.2 Å². The Hall–Kier alpha value is -0.730. The highest BCUT2D eigenvalue weighted by molar-refractivity contribution is 7.99. The van der Waals surface area contributed by atoms with Crippen LogP contribution in [0.2, 0.25) is 10.0 Å². The summed E-state index contributed by atoms with van der Waals surface area (Å²) in [6, 6.07) is 5.48. The summed E-state index contributed by atoms with van der Waals surface area (Å²) in [4.78, 5) is 11.7. The van der Waals surface area contributed by atoms with Gasteiger partial charge in [0.05, 0.1) is 22.4 Å². The number of methoxy groups -OCH3 is 1. The molecule has 0 aliphatic heterocycles. The monoisotopic (exact) mass is 395 g/mol. The molecule has 0 spiro atoms. The van der Waals surface area contributed by atoms with Crippen molar-refractivity contribution < 1.29 is 9.53 Å². The zero-order valence-corrected chi connectivity index (χ0v) is 16.0. The van der Waals surface area contributed by atoms with Crippen LogP contribution in [0.15, 0.2) is 18.2 Å². The Morgan fingerprint density at radius 2 is 2.09 bits per heavy atom. The molecule has 9 heteroatoms. The van der Waals surface area contributed by atoms with Crippen LogP contribution in [0.1, 0.15) is 12.5 Å². The normalized spacial score (nSPS) is 11.7. The Morgan fingerprint density at radius 1 is 1.35 bits per heavy atom. The molecular formula is C14H19Cl2N3O2S2. The van der Waals surface area contributed by atoms with Crippen LogP contribution >= 0.6 is 47.2 Å². The Morgan fingerprint density at radius 3 is 2.74 bits per heavy atom. The van der Waals surface area contributed by atoms with E-state index in [-0.39, 0.29) is 11.9 Å². The van der Waals surface area contributed by atoms with Crippen molar-refractivity contribution in [3.05, 3.63) is 33.8 Å². The first-order valence-electron chi connectivity index (χ1n) is 6.78. The van der Waals surface area contributed by atoms with Crippen molar-refractivity contribution in [2.24, 2.45) is 0 Å². The molecule has 0 bridgehead atoms. The molecule has 0 aliphatic carbocycles. The first-order chi connectivity index (χ1) is 10.9. The van der Waals surface area contributed by atoms with Gasteiger partial charge in [-0.05, 0) is 36.8 Å². The van der Waals surface area contributed by atoms with E-state index in [9.17, 15) is 4.79 Å². The zero-order valence-electron chi connectivity index (χ0n) is 12.8. The van der Waals surface area contributed by atoms with Gasteiger partial charge in [0.15, 0.2) is 5.11 Å². The van der Waals surface area contributed by atoms with Crippen LogP contribution in [0.5, 0.6) is 0 Å². The van der Waals surface area contributed by atoms with Gasteiger partial charge in [0, 0.05) is 18.9 Å². The molecule has 1 atom stereocenters. The SMILES string of the molecule is COC[C@H](C)NC(=S)NNC(=O)CSCc1ccc(Cl)c(Cl)c1. The fourth-order valence-electron chi connectivity index (χ4n) is 1.61. The van der Waals surface area contributed by atoms with Gasteiger partial charge in [-0.3, -0.25) is 15.6 Å². The number of benzene rings is 1. The highest BCUT2D eigenvalue weighted by atomic mass is 35.5. The number of amides is 1. The Labute approximate surface area is 155 Å². The maximum atomic E-state index is 11.7. The lowest BCUT2D eigenvalue weighted by Crippen LogP contribution is -2.50. The van der Waals surface area contributed by atoms with E-state index in [2.05, 4.69) is 16.2 Å². The van der Waals surface area contributed by atoms with E-state index in [1.54, 1.807) is 19.2 Å². The van der Waals surface area contributed by atoms with Gasteiger partial charge < -0.3 is 10.1 Å². The minimum absolute atomic E-state index is 0.0564. The highest BCUT2D eigenvalue weighted by Crippen LogP contribution is 2.24. The fourth-order valence-corrected chi connectivity index (χ4v) is 2.95. The molecule has 0 aromatic heterocycles. The molecule has 0 radical (unpaired) electrons. The molecule has 0 fully saturated rings. The summed E-state index contributed by atoms with van der Waals surface area (Å²) in [6.07, 6.45) is 0. The third kappa shape index (κ3) is 8.62. The standard InChI is InChI=1S/C14H19Cl2N3O2S2/c1-9(6-21-2)17-14(22)19-18-13(20)8-23-7-10-3-4-11(15)12(16)5-10/h3-5,9H,6-8H2,1-2H3,(H,18,20)(H2,17,19,22)/t9-/m0/s1. The predicted octanol–water partition coefficient (Wildman–Crippen LogP) is 2.76. The number of carbonyl (C=O) groups excluding carboxylic acids is 1. The lowest BCUT2D eigenvalue weighted by Gasteiger charge is -2.16. The molecule has 3 N–H and O–H groups in total. The van der Waals surface area contributed by atoms with Gasteiger partial charge in [0.2, 0.25) is 5.91 Å². The summed E-state index contributed by atoms with van der Waals surface area (Å²) in [5.41, 5.74) is 6.20. The van der Waals surface area contributed by atoms with Crippen LogP contribution in [0.25, 0.3) is 0 Å². The molecule has 23 heavy (non-hydrogen) atoms. The summed E-state index contributed by atoms with van der Waals surface area (Å²) in [6.45, 7) is 2.45. The number of hydrogen-bond donors (Lipinski definition) is 3. The highest BCUT2D eigenvalue weighted by Gasteiger charge is 2.06. The summed E-state index contributed by atoms with van der Waals surface area (Å²) >= 11 is 18.3. The van der Waals surface area contributed by atoms with Crippen molar-refractivity contribution in [2.75, 3.05) is 19.5 Å². The third-order valence-electron chi connectivity index (χ3n) is 2.60. The van der Waals surface area contributed by atoms with Gasteiger partial charge >= 0.3 is 0 Å². The van der Waals surface area contributed by atoms with E-state index in [4.69, 9.17) is 40.2 Å². The van der Waals surface area contributed by atoms with Crippen molar-refractivity contribution in [3.63, 3.8) is 0 Å². The topological polar surface area (TPSA) is 62.4 Å². The van der Waals surface area contributed by atoms with Gasteiger partial charge in [-0.2, -0.15) is 0 Å². The molecule has 0 aliphatic rings. The third-order valence-corrected chi connectivity index (χ3v) is 4.56. The van der Waals surface area contributed by atoms with Crippen LogP contribution in [0, 0.1) is 0 Å². The number of rotatable bonds is 7. The van der Waals surface area contributed by atoms with Crippen molar-refractivity contribution in [2.45, 2.75) is 18.7 Å². The van der Waals surface area contributed by atoms with Crippen molar-refractivity contribution in [1.29, 1.82) is 0 Å². The lowest BCUT2D eigenvalue weighted by molar-refractivity contribution is -0.119. The lowest BCUT2D eigenvalue weighted by atomic mass is 10.2. The Balaban J connectivity index is 2.21. The number of ether oxygens (including phenoxy) is 1. The minimum atomic E-state index is -0.168. The van der Waals surface area contributed by atoms with Gasteiger partial charge in [-0.1, -0.05) is 29.3 Å². The van der Waals surface area contributed by atoms with E-state index < -0.39 is 0 Å². The van der Waals surface area contributed by atoms with Crippen LogP contribution in [0.4, 0.5) is 0 Å². The van der Waals surface area contributed by atoms with Gasteiger partial charge in [-0.25, -0.2) is 0 Å². The number of hydrazine groups is 1. The summed E-state index contributed by atoms with van der Waals surface area (Å²) in [5.74, 6) is 0.792. The molecule has 0 unspecified atom stereocenters. The molecule has 1 amide bonds. The van der Waals surface area contributed by atoms with Crippen LogP contribution in [-0.2, 0) is 15.3 Å². The molecule has 0 saturated heterocycles. The van der Waals surface area contributed by atoms with Crippen LogP contribution in [-0.4, -0.2) is 36.5 Å². The second-order valence-corrected chi connectivity index (χ2v) is 6.95. The van der Waals surface area contributed by atoms with Crippen molar-refractivity contribution >= 4 is 58.2 Å². The molecule has 1 rings (SSSR count). The number of halogens is 2. The van der Waals surface area contributed by atoms with Crippen LogP contribution in [0.3, 0.4) is 0 Å². The van der Waals surface area contributed by atoms with Gasteiger partial charge in [-0.15, -0.1) is 11.8 Å². The smallest absolute Gasteiger partial charge is 0.248 e. The molecular weight excluding hydrogens is 377 g/mol. The zero-order chi connectivity index (χ0) is 17.2. The molecule has 5 nitrogen and oxygen atoms in total. The second-order valence-electron chi connectivity index (χ2n) is 4.74. The molecule has 0 saturated carbocycles. The van der Waals surface area contributed by atoms with Crippen molar-refractivity contribution in [3.8, 4) is 0 Å². The van der Waals surface area contributed by atoms with E-state index in [1.807, 2.05) is 13.0 Å². The summed E-state index contributed by atoms with van der Waals surface area (Å²) in [5, 5.41) is 4.35. The Bertz CT molecular complexity index is 547. The van der Waals surface area contributed by atoms with Crippen LogP contribution < -0.4 is 16.2 Å². The van der Waals surface area contributed by atoms with Gasteiger partial charge in [0.1, 0.15) is 0 Å². The molecule has 1 aromatic rings. The predicted molar refractivity (Wildman–Crippen MR) is 101 cm³/mol. The number of thioether (sulfide) groups is 1. The van der Waals surface area contributed by atoms with E-state index in [0.717, 1.165) is 5.56 Å². The molecule has 1 aromatic carbocycles. The number of carbonyl (C=O) groups is 1. The maximum absolute atomic E-state index is 11.7. The van der Waals surface area contributed by atoms with E-state index in [1.165, 1.54) is 11.8 Å². The first-order valence-corrected chi connectivity index (χ1v) is 9.10. The fraction of sp³-hybridized carbons (Fsp3) is 0.429. The first kappa shape index (κ1) is 20.3.